The Labute approximate surface area is 77.8 Å². The Bertz CT molecular complexity index is 318. The van der Waals surface area contributed by atoms with Crippen LogP contribution in [0.15, 0.2) is 30.4 Å². The van der Waals surface area contributed by atoms with Crippen molar-refractivity contribution in [3.05, 3.63) is 41.7 Å². The molecule has 0 aliphatic rings. The largest absolute Gasteiger partial charge is 0.489 e. The van der Waals surface area contributed by atoms with Crippen molar-refractivity contribution in [2.24, 2.45) is 0 Å². The van der Waals surface area contributed by atoms with Gasteiger partial charge in [0.2, 0.25) is 0 Å². The molecule has 1 rings (SSSR count). The van der Waals surface area contributed by atoms with Gasteiger partial charge < -0.3 is 4.74 Å². The predicted molar refractivity (Wildman–Crippen MR) is 51.4 cm³/mol. The van der Waals surface area contributed by atoms with Crippen molar-refractivity contribution in [2.75, 3.05) is 6.61 Å². The second-order valence-electron chi connectivity index (χ2n) is 3.16. The smallest absolute Gasteiger partial charge is 0.126 e. The minimum atomic E-state index is -0.276. The first-order valence-electron chi connectivity index (χ1n) is 4.13. The van der Waals surface area contributed by atoms with Crippen LogP contribution in [0.5, 0.6) is 5.75 Å². The highest BCUT2D eigenvalue weighted by molar-refractivity contribution is 5.32. The van der Waals surface area contributed by atoms with E-state index in [0.717, 1.165) is 11.1 Å². The lowest BCUT2D eigenvalue weighted by Crippen LogP contribution is -1.99. The zero-order chi connectivity index (χ0) is 9.84. The number of hydrogen-bond donors (Lipinski definition) is 0. The lowest BCUT2D eigenvalue weighted by atomic mass is 10.2. The molecule has 0 aliphatic heterocycles. The Morgan fingerprint density at radius 1 is 1.54 bits per heavy atom. The van der Waals surface area contributed by atoms with Gasteiger partial charge in [-0.3, -0.25) is 0 Å². The lowest BCUT2D eigenvalue weighted by molar-refractivity contribution is 0.348. The third-order valence-electron chi connectivity index (χ3n) is 1.62. The van der Waals surface area contributed by atoms with Crippen LogP contribution in [0.4, 0.5) is 4.39 Å². The van der Waals surface area contributed by atoms with Crippen LogP contribution in [-0.4, -0.2) is 6.61 Å². The Balaban J connectivity index is 2.75. The number of aryl methyl sites for hydroxylation is 1. The summed E-state index contributed by atoms with van der Waals surface area (Å²) in [6, 6.07) is 4.50. The second-order valence-corrected chi connectivity index (χ2v) is 3.16. The summed E-state index contributed by atoms with van der Waals surface area (Å²) in [5.41, 5.74) is 1.85. The highest BCUT2D eigenvalue weighted by Crippen LogP contribution is 2.18. The van der Waals surface area contributed by atoms with Crippen molar-refractivity contribution in [3.63, 3.8) is 0 Å². The van der Waals surface area contributed by atoms with Gasteiger partial charge in [0.25, 0.3) is 0 Å². The van der Waals surface area contributed by atoms with Crippen molar-refractivity contribution >= 4 is 0 Å². The van der Waals surface area contributed by atoms with Crippen LogP contribution >= 0.6 is 0 Å². The summed E-state index contributed by atoms with van der Waals surface area (Å²) >= 11 is 0. The molecule has 13 heavy (non-hydrogen) atoms. The van der Waals surface area contributed by atoms with E-state index in [-0.39, 0.29) is 5.82 Å². The number of ether oxygens (including phenoxy) is 1. The van der Waals surface area contributed by atoms with Gasteiger partial charge in [0.1, 0.15) is 18.2 Å². The molecule has 0 N–H and O–H groups in total. The maximum absolute atomic E-state index is 12.8. The first kappa shape index (κ1) is 9.78. The zero-order valence-electron chi connectivity index (χ0n) is 7.93. The summed E-state index contributed by atoms with van der Waals surface area (Å²) in [7, 11) is 0. The molecule has 0 aromatic heterocycles. The molecule has 2 heteroatoms. The standard InChI is InChI=1S/C11H13FO/c1-8(2)7-13-11-6-10(12)5-4-9(11)3/h4-6H,1,7H2,2-3H3. The normalized spacial score (nSPS) is 9.77. The maximum Gasteiger partial charge on any atom is 0.126 e. The molecule has 0 saturated heterocycles. The van der Waals surface area contributed by atoms with Crippen LogP contribution in [0.3, 0.4) is 0 Å². The van der Waals surface area contributed by atoms with E-state index in [9.17, 15) is 4.39 Å². The van der Waals surface area contributed by atoms with Crippen LogP contribution in [0, 0.1) is 12.7 Å². The minimum absolute atomic E-state index is 0.276. The summed E-state index contributed by atoms with van der Waals surface area (Å²) in [6.07, 6.45) is 0. The summed E-state index contributed by atoms with van der Waals surface area (Å²) in [5, 5.41) is 0. The number of halogens is 1. The molecule has 0 bridgehead atoms. The average Bonchev–Trinajstić information content (AvgIpc) is 2.06. The van der Waals surface area contributed by atoms with Crippen LogP contribution < -0.4 is 4.74 Å². The minimum Gasteiger partial charge on any atom is -0.489 e. The van der Waals surface area contributed by atoms with Gasteiger partial charge in [-0.2, -0.15) is 0 Å². The molecule has 0 amide bonds. The number of hydrogen-bond acceptors (Lipinski definition) is 1. The van der Waals surface area contributed by atoms with E-state index < -0.39 is 0 Å². The SMILES string of the molecule is C=C(C)COc1cc(F)ccc1C. The summed E-state index contributed by atoms with van der Waals surface area (Å²) in [4.78, 5) is 0. The highest BCUT2D eigenvalue weighted by Gasteiger charge is 2.00. The summed E-state index contributed by atoms with van der Waals surface area (Å²) in [5.74, 6) is 0.310. The van der Waals surface area contributed by atoms with Gasteiger partial charge >= 0.3 is 0 Å². The maximum atomic E-state index is 12.8. The van der Waals surface area contributed by atoms with E-state index in [1.807, 2.05) is 13.8 Å². The Kier molecular flexibility index (Phi) is 3.07. The van der Waals surface area contributed by atoms with Crippen LogP contribution in [0.2, 0.25) is 0 Å². The molecular formula is C11H13FO. The van der Waals surface area contributed by atoms with Crippen molar-refractivity contribution < 1.29 is 9.13 Å². The third-order valence-corrected chi connectivity index (χ3v) is 1.62. The van der Waals surface area contributed by atoms with Gasteiger partial charge in [-0.25, -0.2) is 4.39 Å². The fourth-order valence-electron chi connectivity index (χ4n) is 0.930. The number of benzene rings is 1. The van der Waals surface area contributed by atoms with E-state index in [1.165, 1.54) is 12.1 Å². The van der Waals surface area contributed by atoms with E-state index in [4.69, 9.17) is 4.74 Å². The first-order valence-corrected chi connectivity index (χ1v) is 4.13. The molecule has 0 aliphatic carbocycles. The van der Waals surface area contributed by atoms with Crippen molar-refractivity contribution in [3.8, 4) is 5.75 Å². The molecule has 0 fully saturated rings. The molecule has 0 saturated carbocycles. The molecule has 0 unspecified atom stereocenters. The first-order chi connectivity index (χ1) is 6.09. The molecule has 0 spiro atoms. The van der Waals surface area contributed by atoms with Crippen molar-refractivity contribution in [1.29, 1.82) is 0 Å². The molecule has 1 aromatic rings. The van der Waals surface area contributed by atoms with Gasteiger partial charge in [-0.05, 0) is 31.1 Å². The highest BCUT2D eigenvalue weighted by atomic mass is 19.1. The molecule has 1 nitrogen and oxygen atoms in total. The van der Waals surface area contributed by atoms with Gasteiger partial charge in [-0.1, -0.05) is 12.6 Å². The average molecular weight is 180 g/mol. The molecule has 0 heterocycles. The topological polar surface area (TPSA) is 9.23 Å². The fraction of sp³-hybridized carbons (Fsp3) is 0.273. The third kappa shape index (κ3) is 2.90. The van der Waals surface area contributed by atoms with Crippen LogP contribution in [-0.2, 0) is 0 Å². The van der Waals surface area contributed by atoms with Crippen LogP contribution in [0.1, 0.15) is 12.5 Å². The quantitative estimate of drug-likeness (QED) is 0.649. The monoisotopic (exact) mass is 180 g/mol. The van der Waals surface area contributed by atoms with E-state index in [0.29, 0.717) is 12.4 Å². The molecule has 0 atom stereocenters. The van der Waals surface area contributed by atoms with E-state index in [1.54, 1.807) is 6.07 Å². The molecule has 0 radical (unpaired) electrons. The summed E-state index contributed by atoms with van der Waals surface area (Å²) in [6.45, 7) is 7.89. The molecule has 70 valence electrons. The lowest BCUT2D eigenvalue weighted by Gasteiger charge is -2.08. The Morgan fingerprint density at radius 3 is 2.85 bits per heavy atom. The predicted octanol–water partition coefficient (Wildman–Crippen LogP) is 3.09. The van der Waals surface area contributed by atoms with Gasteiger partial charge in [0.15, 0.2) is 0 Å². The molecule has 1 aromatic carbocycles. The van der Waals surface area contributed by atoms with Gasteiger partial charge in [-0.15, -0.1) is 0 Å². The van der Waals surface area contributed by atoms with Crippen LogP contribution in [0.25, 0.3) is 0 Å². The van der Waals surface area contributed by atoms with Crippen molar-refractivity contribution in [2.45, 2.75) is 13.8 Å². The molecular weight excluding hydrogens is 167 g/mol. The number of rotatable bonds is 3. The Hall–Kier alpha value is -1.31. The second kappa shape index (κ2) is 4.08. The van der Waals surface area contributed by atoms with E-state index >= 15 is 0 Å². The summed E-state index contributed by atoms with van der Waals surface area (Å²) < 4.78 is 18.1. The van der Waals surface area contributed by atoms with Gasteiger partial charge in [0.05, 0.1) is 0 Å². The van der Waals surface area contributed by atoms with E-state index in [2.05, 4.69) is 6.58 Å². The fourth-order valence-corrected chi connectivity index (χ4v) is 0.930. The Morgan fingerprint density at radius 2 is 2.23 bits per heavy atom. The zero-order valence-corrected chi connectivity index (χ0v) is 7.93. The van der Waals surface area contributed by atoms with Gasteiger partial charge in [0, 0.05) is 6.07 Å². The van der Waals surface area contributed by atoms with Crippen molar-refractivity contribution in [1.82, 2.24) is 0 Å².